The molecule has 0 heterocycles. The van der Waals surface area contributed by atoms with Gasteiger partial charge in [-0.1, -0.05) is 43.7 Å². The van der Waals surface area contributed by atoms with Gasteiger partial charge in [-0.25, -0.2) is 0 Å². The van der Waals surface area contributed by atoms with E-state index in [1.165, 1.54) is 0 Å². The van der Waals surface area contributed by atoms with Crippen molar-refractivity contribution in [3.05, 3.63) is 35.9 Å². The number of carboxylic acid groups (broad SMARTS) is 1. The fourth-order valence-corrected chi connectivity index (χ4v) is 3.71. The van der Waals surface area contributed by atoms with Crippen molar-refractivity contribution in [3.63, 3.8) is 0 Å². The normalized spacial score (nSPS) is 16.8. The molecule has 1 aromatic carbocycles. The minimum Gasteiger partial charge on any atom is -0.481 e. The second-order valence-electron chi connectivity index (χ2n) is 10.7. The maximum Gasteiger partial charge on any atom is 0.305 e. The van der Waals surface area contributed by atoms with E-state index >= 15 is 0 Å². The third-order valence-electron chi connectivity index (χ3n) is 6.03. The number of hydrogen-bond acceptors (Lipinski definition) is 10. The number of aliphatic hydroxyl groups excluding tert-OH is 4. The molecule has 1 aromatic rings. The maximum atomic E-state index is 13.0. The average molecular weight is 585 g/mol. The third-order valence-corrected chi connectivity index (χ3v) is 6.03. The fraction of sp³-hybridized carbons (Fsp3) is 0.630. The Morgan fingerprint density at radius 2 is 1.54 bits per heavy atom. The smallest absolute Gasteiger partial charge is 0.305 e. The van der Waals surface area contributed by atoms with Crippen molar-refractivity contribution < 1.29 is 49.4 Å². The van der Waals surface area contributed by atoms with Gasteiger partial charge in [0.25, 0.3) is 5.91 Å². The fourth-order valence-electron chi connectivity index (χ4n) is 3.71. The lowest BCUT2D eigenvalue weighted by molar-refractivity contribution is -0.145. The van der Waals surface area contributed by atoms with Crippen LogP contribution in [0.4, 0.5) is 0 Å². The minimum absolute atomic E-state index is 0.286. The number of carboxylic acids is 1. The quantitative estimate of drug-likeness (QED) is 0.1000. The predicted molar refractivity (Wildman–Crippen MR) is 147 cm³/mol. The van der Waals surface area contributed by atoms with E-state index in [-0.39, 0.29) is 6.61 Å². The van der Waals surface area contributed by atoms with Crippen LogP contribution in [0.3, 0.4) is 0 Å². The van der Waals surface area contributed by atoms with Crippen LogP contribution >= 0.6 is 0 Å². The molecule has 0 radical (unpaired) electrons. The summed E-state index contributed by atoms with van der Waals surface area (Å²) in [6.45, 7) is 5.82. The Bertz CT molecular complexity index is 988. The number of ether oxygens (including phenoxy) is 1. The van der Waals surface area contributed by atoms with Crippen LogP contribution in [0.5, 0.6) is 0 Å². The van der Waals surface area contributed by atoms with Gasteiger partial charge in [-0.3, -0.25) is 19.2 Å². The van der Waals surface area contributed by atoms with Crippen LogP contribution in [0.1, 0.15) is 58.6 Å². The van der Waals surface area contributed by atoms with Gasteiger partial charge in [-0.2, -0.15) is 0 Å². The molecule has 0 aliphatic rings. The number of aliphatic carboxylic acids is 1. The number of hydrogen-bond donors (Lipinski definition) is 9. The molecule has 41 heavy (non-hydrogen) atoms. The molecule has 0 spiro atoms. The molecule has 3 amide bonds. The molecule has 14 nitrogen and oxygen atoms in total. The zero-order valence-electron chi connectivity index (χ0n) is 23.8. The molecule has 232 valence electrons. The maximum absolute atomic E-state index is 13.0. The van der Waals surface area contributed by atoms with Crippen molar-refractivity contribution in [2.45, 2.75) is 95.0 Å². The predicted octanol–water partition coefficient (Wildman–Crippen LogP) is -1.69. The summed E-state index contributed by atoms with van der Waals surface area (Å²) in [5, 5.41) is 57.7. The first-order valence-corrected chi connectivity index (χ1v) is 13.3. The SMILES string of the molecule is CCC[C@H](N)C(=O)N[C@@H](COC(C)(C)C)C(=O)N[C@@H](CO)[C@@H](O)[C@@H](O)[C@H](O)C(=O)N[C@@H](CC(=O)O)c1ccccc1. The van der Waals surface area contributed by atoms with E-state index < -0.39 is 84.8 Å². The second-order valence-corrected chi connectivity index (χ2v) is 10.7. The lowest BCUT2D eigenvalue weighted by Gasteiger charge is -2.31. The highest BCUT2D eigenvalue weighted by Crippen LogP contribution is 2.18. The van der Waals surface area contributed by atoms with Gasteiger partial charge in [-0.15, -0.1) is 0 Å². The summed E-state index contributed by atoms with van der Waals surface area (Å²) >= 11 is 0. The molecule has 0 saturated carbocycles. The second kappa shape index (κ2) is 17.0. The summed E-state index contributed by atoms with van der Waals surface area (Å²) < 4.78 is 5.62. The van der Waals surface area contributed by atoms with E-state index in [4.69, 9.17) is 10.5 Å². The molecule has 14 heteroatoms. The molecular weight excluding hydrogens is 540 g/mol. The number of nitrogens with one attached hydrogen (secondary N) is 3. The molecule has 0 aliphatic carbocycles. The van der Waals surface area contributed by atoms with Gasteiger partial charge in [0.05, 0.1) is 43.4 Å². The first kappa shape index (κ1) is 35.9. The topological polar surface area (TPSA) is 241 Å². The van der Waals surface area contributed by atoms with Crippen molar-refractivity contribution in [1.29, 1.82) is 0 Å². The van der Waals surface area contributed by atoms with E-state index in [1.807, 2.05) is 6.92 Å². The number of amides is 3. The van der Waals surface area contributed by atoms with Gasteiger partial charge < -0.3 is 52.0 Å². The van der Waals surface area contributed by atoms with Crippen molar-refractivity contribution in [3.8, 4) is 0 Å². The van der Waals surface area contributed by atoms with Crippen LogP contribution in [0.25, 0.3) is 0 Å². The van der Waals surface area contributed by atoms with Gasteiger partial charge in [-0.05, 0) is 32.8 Å². The minimum atomic E-state index is -2.26. The first-order chi connectivity index (χ1) is 19.1. The number of aliphatic hydroxyl groups is 4. The summed E-state index contributed by atoms with van der Waals surface area (Å²) in [6, 6.07) is 3.25. The Balaban J connectivity index is 2.98. The van der Waals surface area contributed by atoms with E-state index in [9.17, 15) is 44.7 Å². The third kappa shape index (κ3) is 12.5. The highest BCUT2D eigenvalue weighted by atomic mass is 16.5. The zero-order chi connectivity index (χ0) is 31.3. The molecule has 1 rings (SSSR count). The summed E-state index contributed by atoms with van der Waals surface area (Å²) in [4.78, 5) is 49.4. The van der Waals surface area contributed by atoms with Gasteiger partial charge in [0.1, 0.15) is 18.2 Å². The highest BCUT2D eigenvalue weighted by molar-refractivity contribution is 5.90. The number of carbonyl (C=O) groups is 4. The lowest BCUT2D eigenvalue weighted by atomic mass is 9.99. The van der Waals surface area contributed by atoms with E-state index in [2.05, 4.69) is 16.0 Å². The summed E-state index contributed by atoms with van der Waals surface area (Å²) in [7, 11) is 0. The summed E-state index contributed by atoms with van der Waals surface area (Å²) in [5.74, 6) is -3.93. The van der Waals surface area contributed by atoms with Crippen LogP contribution in [-0.4, -0.2) is 104 Å². The molecule has 0 saturated heterocycles. The number of benzene rings is 1. The van der Waals surface area contributed by atoms with Gasteiger partial charge in [0.15, 0.2) is 6.10 Å². The van der Waals surface area contributed by atoms with Gasteiger partial charge >= 0.3 is 5.97 Å². The molecule has 0 fully saturated rings. The molecule has 0 aromatic heterocycles. The molecule has 0 unspecified atom stereocenters. The Morgan fingerprint density at radius 1 is 0.927 bits per heavy atom. The van der Waals surface area contributed by atoms with Crippen LogP contribution in [0, 0.1) is 0 Å². The van der Waals surface area contributed by atoms with Crippen molar-refractivity contribution in [2.24, 2.45) is 5.73 Å². The Labute approximate surface area is 239 Å². The molecule has 0 bridgehead atoms. The number of nitrogens with two attached hydrogens (primary N) is 1. The van der Waals surface area contributed by atoms with Crippen LogP contribution in [0.2, 0.25) is 0 Å². The van der Waals surface area contributed by atoms with Crippen molar-refractivity contribution >= 4 is 23.7 Å². The Kier molecular flexibility index (Phi) is 14.8. The van der Waals surface area contributed by atoms with Crippen LogP contribution in [0.15, 0.2) is 30.3 Å². The van der Waals surface area contributed by atoms with E-state index in [0.29, 0.717) is 18.4 Å². The summed E-state index contributed by atoms with van der Waals surface area (Å²) in [5.41, 5.74) is 5.58. The van der Waals surface area contributed by atoms with E-state index in [0.717, 1.165) is 0 Å². The first-order valence-electron chi connectivity index (χ1n) is 13.3. The van der Waals surface area contributed by atoms with E-state index in [1.54, 1.807) is 51.1 Å². The van der Waals surface area contributed by atoms with Gasteiger partial charge in [0.2, 0.25) is 11.8 Å². The Hall–Kier alpha value is -3.14. The largest absolute Gasteiger partial charge is 0.481 e. The number of carbonyl (C=O) groups excluding carboxylic acids is 3. The number of rotatable bonds is 17. The summed E-state index contributed by atoms with van der Waals surface area (Å²) in [6.07, 6.45) is -6.06. The van der Waals surface area contributed by atoms with Gasteiger partial charge in [0, 0.05) is 0 Å². The van der Waals surface area contributed by atoms with Crippen molar-refractivity contribution in [2.75, 3.05) is 13.2 Å². The Morgan fingerprint density at radius 3 is 2.05 bits per heavy atom. The molecule has 0 aliphatic heterocycles. The monoisotopic (exact) mass is 584 g/mol. The molecule has 7 atom stereocenters. The zero-order valence-corrected chi connectivity index (χ0v) is 23.8. The van der Waals surface area contributed by atoms with Crippen molar-refractivity contribution in [1.82, 2.24) is 16.0 Å². The molecule has 10 N–H and O–H groups in total. The highest BCUT2D eigenvalue weighted by Gasteiger charge is 2.38. The average Bonchev–Trinajstić information content (AvgIpc) is 2.91. The van der Waals surface area contributed by atoms with Crippen LogP contribution < -0.4 is 21.7 Å². The molecular formula is C27H44N4O10. The van der Waals surface area contributed by atoms with Crippen LogP contribution in [-0.2, 0) is 23.9 Å². The standard InChI is InChI=1S/C27H44N4O10/c1-5-9-16(28)24(38)31-19(14-41-27(2,3)4)25(39)30-18(13-32)21(35)22(36)23(37)26(40)29-17(12-20(33)34)15-10-7-6-8-11-15/h6-8,10-11,16-19,21-23,32,35-37H,5,9,12-14,28H2,1-4H3,(H,29,40)(H,30,39)(H,31,38)(H,33,34)/t16-,17-,18-,19-,21+,22+,23-/m0/s1. The lowest BCUT2D eigenvalue weighted by Crippen LogP contribution is -2.60.